The molecule has 23 heavy (non-hydrogen) atoms. The maximum atomic E-state index is 12.6. The number of hydrogen-bond acceptors (Lipinski definition) is 3. The smallest absolute Gasteiger partial charge is 0.287 e. The van der Waals surface area contributed by atoms with E-state index in [0.29, 0.717) is 5.13 Å². The molecule has 0 radical (unpaired) electrons. The van der Waals surface area contributed by atoms with E-state index < -0.39 is 17.6 Å². The molecule has 0 saturated heterocycles. The van der Waals surface area contributed by atoms with Crippen LogP contribution in [0.1, 0.15) is 15.9 Å². The average Bonchev–Trinajstić information content (AvgIpc) is 2.96. The first-order valence-corrected chi connectivity index (χ1v) is 7.49. The van der Waals surface area contributed by atoms with E-state index in [4.69, 9.17) is 0 Å². The number of fused-ring (bicyclic) bond motifs is 1. The van der Waals surface area contributed by atoms with Gasteiger partial charge in [-0.05, 0) is 36.4 Å². The van der Waals surface area contributed by atoms with Crippen LogP contribution in [0.3, 0.4) is 0 Å². The molecule has 0 atom stereocenters. The van der Waals surface area contributed by atoms with Crippen molar-refractivity contribution < 1.29 is 18.0 Å². The summed E-state index contributed by atoms with van der Waals surface area (Å²) >= 11 is 1.35. The van der Waals surface area contributed by atoms with Gasteiger partial charge in [-0.1, -0.05) is 23.5 Å². The molecule has 7 heteroatoms. The largest absolute Gasteiger partial charge is 0.416 e. The number of carbonyl (C=O) groups is 1. The highest BCUT2D eigenvalue weighted by molar-refractivity contribution is 7.22. The zero-order valence-electron chi connectivity index (χ0n) is 12.0. The zero-order chi connectivity index (χ0) is 16.6. The average molecular weight is 336 g/mol. The fraction of sp³-hybridized carbons (Fsp3) is 0.125. The van der Waals surface area contributed by atoms with Gasteiger partial charge < -0.3 is 0 Å². The molecule has 3 nitrogen and oxygen atoms in total. The number of nitrogens with zero attached hydrogens (tertiary/aromatic N) is 2. The SMILES string of the molecule is CN(C(=O)c1ccc(C(F)(F)F)cc1)c1nc2ccccc2s1. The highest BCUT2D eigenvalue weighted by Gasteiger charge is 2.30. The second-order valence-electron chi connectivity index (χ2n) is 4.90. The molecule has 118 valence electrons. The van der Waals surface area contributed by atoms with Gasteiger partial charge in [-0.15, -0.1) is 0 Å². The summed E-state index contributed by atoms with van der Waals surface area (Å²) in [4.78, 5) is 18.1. The lowest BCUT2D eigenvalue weighted by atomic mass is 10.1. The summed E-state index contributed by atoms with van der Waals surface area (Å²) in [5.41, 5.74) is 0.177. The molecule has 3 rings (SSSR count). The molecule has 3 aromatic rings. The van der Waals surface area contributed by atoms with Gasteiger partial charge in [-0.3, -0.25) is 9.69 Å². The molecule has 0 spiro atoms. The van der Waals surface area contributed by atoms with Crippen molar-refractivity contribution in [2.24, 2.45) is 0 Å². The first kappa shape index (κ1) is 15.5. The minimum atomic E-state index is -4.42. The number of rotatable bonds is 2. The highest BCUT2D eigenvalue weighted by atomic mass is 32.1. The molecule has 0 aliphatic heterocycles. The number of thiazole rings is 1. The molecule has 0 saturated carbocycles. The topological polar surface area (TPSA) is 33.2 Å². The van der Waals surface area contributed by atoms with E-state index in [0.717, 1.165) is 22.3 Å². The molecule has 0 aliphatic rings. The lowest BCUT2D eigenvalue weighted by Crippen LogP contribution is -2.26. The number of para-hydroxylation sites is 1. The Morgan fingerprint density at radius 2 is 1.74 bits per heavy atom. The summed E-state index contributed by atoms with van der Waals surface area (Å²) in [6.45, 7) is 0. The van der Waals surface area contributed by atoms with Gasteiger partial charge >= 0.3 is 6.18 Å². The molecule has 0 bridgehead atoms. The van der Waals surface area contributed by atoms with Crippen molar-refractivity contribution >= 4 is 32.6 Å². The molecular formula is C16H11F3N2OS. The van der Waals surface area contributed by atoms with Gasteiger partial charge in [0.15, 0.2) is 5.13 Å². The molecule has 0 unspecified atom stereocenters. The molecular weight excluding hydrogens is 325 g/mol. The molecule has 1 aromatic heterocycles. The number of carbonyl (C=O) groups excluding carboxylic acids is 1. The number of benzene rings is 2. The fourth-order valence-corrected chi connectivity index (χ4v) is 3.01. The van der Waals surface area contributed by atoms with Crippen molar-refractivity contribution in [1.29, 1.82) is 0 Å². The number of hydrogen-bond donors (Lipinski definition) is 0. The van der Waals surface area contributed by atoms with Gasteiger partial charge in [-0.25, -0.2) is 4.98 Å². The summed E-state index contributed by atoms with van der Waals surface area (Å²) in [5, 5.41) is 0.496. The van der Waals surface area contributed by atoms with Gasteiger partial charge in [-0.2, -0.15) is 13.2 Å². The van der Waals surface area contributed by atoms with Crippen LogP contribution in [-0.2, 0) is 6.18 Å². The lowest BCUT2D eigenvalue weighted by Gasteiger charge is -2.14. The second-order valence-corrected chi connectivity index (χ2v) is 5.91. The van der Waals surface area contributed by atoms with E-state index >= 15 is 0 Å². The van der Waals surface area contributed by atoms with Crippen molar-refractivity contribution in [3.05, 3.63) is 59.7 Å². The Balaban J connectivity index is 1.87. The van der Waals surface area contributed by atoms with Crippen LogP contribution in [0.15, 0.2) is 48.5 Å². The van der Waals surface area contributed by atoms with E-state index in [-0.39, 0.29) is 5.56 Å². The third kappa shape index (κ3) is 3.05. The summed E-state index contributed by atoms with van der Waals surface area (Å²) in [6, 6.07) is 11.6. The maximum absolute atomic E-state index is 12.6. The quantitative estimate of drug-likeness (QED) is 0.686. The third-order valence-corrected chi connectivity index (χ3v) is 4.45. The Hall–Kier alpha value is -2.41. The lowest BCUT2D eigenvalue weighted by molar-refractivity contribution is -0.137. The minimum absolute atomic E-state index is 0.180. The van der Waals surface area contributed by atoms with Crippen LogP contribution in [0.2, 0.25) is 0 Å². The van der Waals surface area contributed by atoms with Crippen LogP contribution in [0.5, 0.6) is 0 Å². The van der Waals surface area contributed by atoms with Crippen LogP contribution >= 0.6 is 11.3 Å². The first-order chi connectivity index (χ1) is 10.9. The third-order valence-electron chi connectivity index (χ3n) is 3.33. The van der Waals surface area contributed by atoms with Gasteiger partial charge in [0.2, 0.25) is 0 Å². The van der Waals surface area contributed by atoms with Crippen LogP contribution in [0.25, 0.3) is 10.2 Å². The molecule has 2 aromatic carbocycles. The van der Waals surface area contributed by atoms with Crippen molar-refractivity contribution in [2.75, 3.05) is 11.9 Å². The summed E-state index contributed by atoms with van der Waals surface area (Å²) in [5.74, 6) is -0.405. The van der Waals surface area contributed by atoms with Crippen molar-refractivity contribution in [2.45, 2.75) is 6.18 Å². The minimum Gasteiger partial charge on any atom is -0.287 e. The number of aromatic nitrogens is 1. The van der Waals surface area contributed by atoms with Crippen LogP contribution in [0.4, 0.5) is 18.3 Å². The monoisotopic (exact) mass is 336 g/mol. The van der Waals surface area contributed by atoms with Crippen molar-refractivity contribution in [3.63, 3.8) is 0 Å². The van der Waals surface area contributed by atoms with Gasteiger partial charge in [0.25, 0.3) is 5.91 Å². The van der Waals surface area contributed by atoms with Gasteiger partial charge in [0.1, 0.15) is 0 Å². The van der Waals surface area contributed by atoms with Crippen molar-refractivity contribution in [3.8, 4) is 0 Å². The summed E-state index contributed by atoms with van der Waals surface area (Å²) < 4.78 is 38.6. The predicted octanol–water partition coefficient (Wildman–Crippen LogP) is 4.59. The zero-order valence-corrected chi connectivity index (χ0v) is 12.8. The van der Waals surface area contributed by atoms with Crippen LogP contribution < -0.4 is 4.90 Å². The van der Waals surface area contributed by atoms with E-state index in [1.807, 2.05) is 24.3 Å². The van der Waals surface area contributed by atoms with Gasteiger partial charge in [0.05, 0.1) is 15.8 Å². The first-order valence-electron chi connectivity index (χ1n) is 6.67. The number of anilines is 1. The Kier molecular flexibility index (Phi) is 3.81. The molecule has 0 aliphatic carbocycles. The Labute approximate surface area is 134 Å². The van der Waals surface area contributed by atoms with E-state index in [1.54, 1.807) is 7.05 Å². The van der Waals surface area contributed by atoms with Crippen LogP contribution in [0, 0.1) is 0 Å². The normalized spacial score (nSPS) is 11.7. The Bertz CT molecular complexity index is 823. The van der Waals surface area contributed by atoms with E-state index in [1.165, 1.54) is 28.4 Å². The highest BCUT2D eigenvalue weighted by Crippen LogP contribution is 2.31. The number of alkyl halides is 3. The molecule has 1 amide bonds. The number of halogens is 3. The Morgan fingerprint density at radius 1 is 1.09 bits per heavy atom. The molecule has 0 N–H and O–H groups in total. The number of amides is 1. The van der Waals surface area contributed by atoms with Gasteiger partial charge in [0, 0.05) is 12.6 Å². The molecule has 1 heterocycles. The van der Waals surface area contributed by atoms with E-state index in [9.17, 15) is 18.0 Å². The standard InChI is InChI=1S/C16H11F3N2OS/c1-21(15-20-12-4-2-3-5-13(12)23-15)14(22)10-6-8-11(9-7-10)16(17,18)19/h2-9H,1H3. The summed E-state index contributed by atoms with van der Waals surface area (Å²) in [7, 11) is 1.55. The predicted molar refractivity (Wildman–Crippen MR) is 83.8 cm³/mol. The fourth-order valence-electron chi connectivity index (χ4n) is 2.09. The Morgan fingerprint density at radius 3 is 2.35 bits per heavy atom. The second kappa shape index (κ2) is 5.66. The van der Waals surface area contributed by atoms with E-state index in [2.05, 4.69) is 4.98 Å². The van der Waals surface area contributed by atoms with Crippen molar-refractivity contribution in [1.82, 2.24) is 4.98 Å². The molecule has 0 fully saturated rings. The van der Waals surface area contributed by atoms with Crippen LogP contribution in [-0.4, -0.2) is 17.9 Å². The maximum Gasteiger partial charge on any atom is 0.416 e. The summed E-state index contributed by atoms with van der Waals surface area (Å²) in [6.07, 6.45) is -4.42.